The molecule has 0 spiro atoms. The zero-order chi connectivity index (χ0) is 13.7. The Hall–Kier alpha value is -2.14. The summed E-state index contributed by atoms with van der Waals surface area (Å²) in [5.74, 6) is -0.553. The third-order valence-electron chi connectivity index (χ3n) is 2.59. The SMILES string of the molecule is CCOCCOc1cc(C(=O)O)nc2ccccc12. The largest absolute Gasteiger partial charge is 0.490 e. The molecule has 2 aromatic rings. The summed E-state index contributed by atoms with van der Waals surface area (Å²) < 4.78 is 10.8. The molecule has 0 saturated heterocycles. The number of ether oxygens (including phenoxy) is 2. The van der Waals surface area contributed by atoms with Crippen molar-refractivity contribution in [2.45, 2.75) is 6.92 Å². The number of nitrogens with zero attached hydrogens (tertiary/aromatic N) is 1. The third kappa shape index (κ3) is 3.20. The molecular weight excluding hydrogens is 246 g/mol. The summed E-state index contributed by atoms with van der Waals surface area (Å²) in [4.78, 5) is 15.1. The number of para-hydroxylation sites is 1. The highest BCUT2D eigenvalue weighted by atomic mass is 16.5. The standard InChI is InChI=1S/C14H15NO4/c1-2-18-7-8-19-13-9-12(14(16)17)15-11-6-4-3-5-10(11)13/h3-6,9H,2,7-8H2,1H3,(H,16,17). The van der Waals surface area contributed by atoms with Crippen LogP contribution in [0, 0.1) is 0 Å². The Morgan fingerprint density at radius 1 is 1.32 bits per heavy atom. The molecule has 0 bridgehead atoms. The fraction of sp³-hybridized carbons (Fsp3) is 0.286. The van der Waals surface area contributed by atoms with Crippen molar-refractivity contribution in [3.8, 4) is 5.75 Å². The predicted octanol–water partition coefficient (Wildman–Crippen LogP) is 2.35. The van der Waals surface area contributed by atoms with E-state index in [0.717, 1.165) is 5.39 Å². The van der Waals surface area contributed by atoms with Crippen LogP contribution in [0.2, 0.25) is 0 Å². The van der Waals surface area contributed by atoms with Gasteiger partial charge in [-0.1, -0.05) is 12.1 Å². The monoisotopic (exact) mass is 261 g/mol. The van der Waals surface area contributed by atoms with Crippen LogP contribution in [0.4, 0.5) is 0 Å². The van der Waals surface area contributed by atoms with Gasteiger partial charge in [-0.25, -0.2) is 9.78 Å². The lowest BCUT2D eigenvalue weighted by Crippen LogP contribution is -2.08. The van der Waals surface area contributed by atoms with E-state index in [0.29, 0.717) is 31.1 Å². The summed E-state index contributed by atoms with van der Waals surface area (Å²) in [6.45, 7) is 3.38. The lowest BCUT2D eigenvalue weighted by atomic mass is 10.2. The van der Waals surface area contributed by atoms with E-state index in [1.807, 2.05) is 25.1 Å². The van der Waals surface area contributed by atoms with E-state index in [9.17, 15) is 4.79 Å². The van der Waals surface area contributed by atoms with Crippen LogP contribution in [0.15, 0.2) is 30.3 Å². The minimum absolute atomic E-state index is 0.0230. The van der Waals surface area contributed by atoms with Crippen molar-refractivity contribution in [3.05, 3.63) is 36.0 Å². The molecule has 0 aliphatic heterocycles. The topological polar surface area (TPSA) is 68.7 Å². The van der Waals surface area contributed by atoms with Crippen LogP contribution in [0.25, 0.3) is 10.9 Å². The number of aromatic nitrogens is 1. The van der Waals surface area contributed by atoms with Crippen LogP contribution in [-0.4, -0.2) is 35.9 Å². The number of pyridine rings is 1. The maximum Gasteiger partial charge on any atom is 0.354 e. The van der Waals surface area contributed by atoms with Gasteiger partial charge in [0.25, 0.3) is 0 Å². The maximum atomic E-state index is 11.0. The van der Waals surface area contributed by atoms with Gasteiger partial charge in [0.2, 0.25) is 0 Å². The molecule has 100 valence electrons. The van der Waals surface area contributed by atoms with Gasteiger partial charge in [-0.15, -0.1) is 0 Å². The lowest BCUT2D eigenvalue weighted by molar-refractivity contribution is 0.0690. The molecule has 0 aliphatic carbocycles. The van der Waals surface area contributed by atoms with Gasteiger partial charge in [-0.05, 0) is 19.1 Å². The van der Waals surface area contributed by atoms with E-state index in [1.165, 1.54) is 6.07 Å². The third-order valence-corrected chi connectivity index (χ3v) is 2.59. The summed E-state index contributed by atoms with van der Waals surface area (Å²) in [5, 5.41) is 9.83. The second-order valence-corrected chi connectivity index (χ2v) is 3.87. The van der Waals surface area contributed by atoms with Crippen LogP contribution in [0.5, 0.6) is 5.75 Å². The highest BCUT2D eigenvalue weighted by molar-refractivity contribution is 5.93. The number of hydrogen-bond acceptors (Lipinski definition) is 4. The Labute approximate surface area is 110 Å². The summed E-state index contributed by atoms with van der Waals surface area (Å²) >= 11 is 0. The van der Waals surface area contributed by atoms with Crippen LogP contribution in [-0.2, 0) is 4.74 Å². The van der Waals surface area contributed by atoms with Gasteiger partial charge in [0.15, 0.2) is 5.69 Å². The summed E-state index contributed by atoms with van der Waals surface area (Å²) in [6, 6.07) is 8.72. The first-order valence-electron chi connectivity index (χ1n) is 6.06. The Morgan fingerprint density at radius 2 is 2.11 bits per heavy atom. The number of hydrogen-bond donors (Lipinski definition) is 1. The first-order chi connectivity index (χ1) is 9.22. The Kier molecular flexibility index (Phi) is 4.30. The van der Waals surface area contributed by atoms with Crippen LogP contribution in [0.1, 0.15) is 17.4 Å². The van der Waals surface area contributed by atoms with Crippen molar-refractivity contribution in [1.82, 2.24) is 4.98 Å². The normalized spacial score (nSPS) is 10.6. The molecule has 1 heterocycles. The molecule has 19 heavy (non-hydrogen) atoms. The fourth-order valence-electron chi connectivity index (χ4n) is 1.73. The van der Waals surface area contributed by atoms with Crippen molar-refractivity contribution in [2.24, 2.45) is 0 Å². The molecule has 5 nitrogen and oxygen atoms in total. The molecule has 0 fully saturated rings. The van der Waals surface area contributed by atoms with Gasteiger partial charge in [-0.3, -0.25) is 0 Å². The molecule has 2 rings (SSSR count). The van der Waals surface area contributed by atoms with Gasteiger partial charge in [0, 0.05) is 18.1 Å². The number of fused-ring (bicyclic) bond motifs is 1. The minimum atomic E-state index is -1.07. The molecule has 0 radical (unpaired) electrons. The molecule has 0 unspecified atom stereocenters. The van der Waals surface area contributed by atoms with Crippen LogP contribution < -0.4 is 4.74 Å². The van der Waals surface area contributed by atoms with E-state index in [2.05, 4.69) is 4.98 Å². The average Bonchev–Trinajstić information content (AvgIpc) is 2.43. The molecule has 0 aliphatic rings. The van der Waals surface area contributed by atoms with Gasteiger partial charge in [0.05, 0.1) is 12.1 Å². The summed E-state index contributed by atoms with van der Waals surface area (Å²) in [5.41, 5.74) is 0.582. The molecule has 1 N–H and O–H groups in total. The highest BCUT2D eigenvalue weighted by Gasteiger charge is 2.11. The quantitative estimate of drug-likeness (QED) is 0.808. The van der Waals surface area contributed by atoms with Crippen molar-refractivity contribution >= 4 is 16.9 Å². The fourth-order valence-corrected chi connectivity index (χ4v) is 1.73. The zero-order valence-electron chi connectivity index (χ0n) is 10.6. The molecule has 0 atom stereocenters. The Morgan fingerprint density at radius 3 is 2.84 bits per heavy atom. The van der Waals surface area contributed by atoms with E-state index >= 15 is 0 Å². The van der Waals surface area contributed by atoms with Gasteiger partial charge in [0.1, 0.15) is 12.4 Å². The van der Waals surface area contributed by atoms with Crippen molar-refractivity contribution < 1.29 is 19.4 Å². The molecule has 5 heteroatoms. The van der Waals surface area contributed by atoms with E-state index in [-0.39, 0.29) is 5.69 Å². The number of carboxylic acid groups (broad SMARTS) is 1. The number of carboxylic acids is 1. The van der Waals surface area contributed by atoms with Crippen molar-refractivity contribution in [1.29, 1.82) is 0 Å². The van der Waals surface area contributed by atoms with E-state index < -0.39 is 5.97 Å². The number of carbonyl (C=O) groups is 1. The Balaban J connectivity index is 2.31. The summed E-state index contributed by atoms with van der Waals surface area (Å²) in [7, 11) is 0. The smallest absolute Gasteiger partial charge is 0.354 e. The second kappa shape index (κ2) is 6.15. The highest BCUT2D eigenvalue weighted by Crippen LogP contribution is 2.25. The van der Waals surface area contributed by atoms with Crippen LogP contribution >= 0.6 is 0 Å². The average molecular weight is 261 g/mol. The Bertz CT molecular complexity index is 583. The van der Waals surface area contributed by atoms with E-state index in [1.54, 1.807) is 6.07 Å². The lowest BCUT2D eigenvalue weighted by Gasteiger charge is -2.10. The molecule has 1 aromatic heterocycles. The number of rotatable bonds is 6. The van der Waals surface area contributed by atoms with Crippen molar-refractivity contribution in [3.63, 3.8) is 0 Å². The van der Waals surface area contributed by atoms with Crippen LogP contribution in [0.3, 0.4) is 0 Å². The maximum absolute atomic E-state index is 11.0. The molecule has 0 saturated carbocycles. The molecular formula is C14H15NO4. The zero-order valence-corrected chi connectivity index (χ0v) is 10.6. The first kappa shape index (κ1) is 13.3. The summed E-state index contributed by atoms with van der Waals surface area (Å²) in [6.07, 6.45) is 0. The van der Waals surface area contributed by atoms with Gasteiger partial charge < -0.3 is 14.6 Å². The predicted molar refractivity (Wildman–Crippen MR) is 70.7 cm³/mol. The second-order valence-electron chi connectivity index (χ2n) is 3.87. The number of benzene rings is 1. The van der Waals surface area contributed by atoms with Gasteiger partial charge in [-0.2, -0.15) is 0 Å². The number of aromatic carboxylic acids is 1. The molecule has 1 aromatic carbocycles. The van der Waals surface area contributed by atoms with Gasteiger partial charge >= 0.3 is 5.97 Å². The van der Waals surface area contributed by atoms with Crippen molar-refractivity contribution in [2.75, 3.05) is 19.8 Å². The molecule has 0 amide bonds. The minimum Gasteiger partial charge on any atom is -0.490 e. The first-order valence-corrected chi connectivity index (χ1v) is 6.06. The van der Waals surface area contributed by atoms with E-state index in [4.69, 9.17) is 14.6 Å².